The van der Waals surface area contributed by atoms with E-state index in [1.165, 1.54) is 5.56 Å². The molecule has 0 saturated heterocycles. The second kappa shape index (κ2) is 6.50. The maximum absolute atomic E-state index is 4.43. The van der Waals surface area contributed by atoms with Crippen LogP contribution in [0.2, 0.25) is 0 Å². The number of rotatable bonds is 3. The molecule has 2 rings (SSSR count). The molecule has 0 fully saturated rings. The summed E-state index contributed by atoms with van der Waals surface area (Å²) < 4.78 is 0. The molecule has 90 valence electrons. The highest BCUT2D eigenvalue weighted by Gasteiger charge is 1.90. The zero-order valence-corrected chi connectivity index (χ0v) is 10.5. The lowest BCUT2D eigenvalue weighted by atomic mass is 10.2. The van der Waals surface area contributed by atoms with E-state index in [0.29, 0.717) is 6.54 Å². The first kappa shape index (κ1) is 12.2. The van der Waals surface area contributed by atoms with E-state index in [0.717, 1.165) is 11.4 Å². The van der Waals surface area contributed by atoms with E-state index in [9.17, 15) is 0 Å². The number of amidine groups is 1. The Morgan fingerprint density at radius 3 is 2.22 bits per heavy atom. The van der Waals surface area contributed by atoms with Crippen LogP contribution in [0.25, 0.3) is 0 Å². The molecular formula is C16H16N2. The van der Waals surface area contributed by atoms with Crippen LogP contribution in [0.3, 0.4) is 0 Å². The maximum atomic E-state index is 4.43. The van der Waals surface area contributed by atoms with E-state index in [-0.39, 0.29) is 0 Å². The number of hydrogen-bond donors (Lipinski definition) is 0. The van der Waals surface area contributed by atoms with Crippen LogP contribution in [0.5, 0.6) is 0 Å². The summed E-state index contributed by atoms with van der Waals surface area (Å²) in [6.07, 6.45) is 1.84. The molecule has 0 amide bonds. The fraction of sp³-hybridized carbons (Fsp3) is 0.125. The van der Waals surface area contributed by atoms with Crippen LogP contribution in [-0.2, 0) is 6.54 Å². The molecule has 18 heavy (non-hydrogen) atoms. The van der Waals surface area contributed by atoms with Gasteiger partial charge in [0.15, 0.2) is 0 Å². The van der Waals surface area contributed by atoms with Crippen LogP contribution in [0.4, 0.5) is 0 Å². The van der Waals surface area contributed by atoms with Gasteiger partial charge in [-0.3, -0.25) is 4.99 Å². The van der Waals surface area contributed by atoms with Crippen molar-refractivity contribution in [2.45, 2.75) is 13.5 Å². The molecule has 0 saturated carbocycles. The fourth-order valence-corrected chi connectivity index (χ4v) is 1.54. The number of hydrogen-bond acceptors (Lipinski definition) is 1. The Morgan fingerprint density at radius 1 is 0.944 bits per heavy atom. The zero-order valence-electron chi connectivity index (χ0n) is 10.5. The average molecular weight is 236 g/mol. The Labute approximate surface area is 108 Å². The minimum Gasteiger partial charge on any atom is -0.266 e. The van der Waals surface area contributed by atoms with Gasteiger partial charge in [0.25, 0.3) is 0 Å². The molecule has 0 bridgehead atoms. The summed E-state index contributed by atoms with van der Waals surface area (Å²) in [5.41, 5.74) is 2.29. The summed E-state index contributed by atoms with van der Waals surface area (Å²) in [5, 5.41) is 0. The highest BCUT2D eigenvalue weighted by Crippen LogP contribution is 2.01. The fourth-order valence-electron chi connectivity index (χ4n) is 1.54. The van der Waals surface area contributed by atoms with Crippen molar-refractivity contribution in [3.63, 3.8) is 0 Å². The average Bonchev–Trinajstić information content (AvgIpc) is 2.45. The van der Waals surface area contributed by atoms with Gasteiger partial charge in [-0.2, -0.15) is 0 Å². The third-order valence-corrected chi connectivity index (χ3v) is 2.53. The molecule has 2 heteroatoms. The van der Waals surface area contributed by atoms with Gasteiger partial charge in [0.1, 0.15) is 5.84 Å². The van der Waals surface area contributed by atoms with Crippen molar-refractivity contribution in [3.8, 4) is 0 Å². The van der Waals surface area contributed by atoms with Crippen LogP contribution in [0.15, 0.2) is 70.6 Å². The van der Waals surface area contributed by atoms with E-state index in [1.54, 1.807) is 0 Å². The molecule has 2 nitrogen and oxygen atoms in total. The molecule has 0 spiro atoms. The molecule has 0 aliphatic carbocycles. The Morgan fingerprint density at radius 2 is 1.56 bits per heavy atom. The predicted molar refractivity (Wildman–Crippen MR) is 77.3 cm³/mol. The molecule has 0 radical (unpaired) electrons. The lowest BCUT2D eigenvalue weighted by Gasteiger charge is -1.96. The quantitative estimate of drug-likeness (QED) is 0.573. The van der Waals surface area contributed by atoms with Crippen molar-refractivity contribution in [3.05, 3.63) is 71.8 Å². The molecule has 0 aromatic heterocycles. The normalized spacial score (nSPS) is 11.9. The number of nitrogens with zero attached hydrogens (tertiary/aromatic N) is 2. The van der Waals surface area contributed by atoms with Gasteiger partial charge in [0.05, 0.1) is 6.54 Å². The summed E-state index contributed by atoms with van der Waals surface area (Å²) in [6.45, 7) is 2.60. The molecular weight excluding hydrogens is 220 g/mol. The minimum atomic E-state index is 0.679. The standard InChI is InChI=1S/C16H16N2/c1-14(17-12-15-8-4-2-5-9-15)18-13-16-10-6-3-7-11-16/h2-12H,13H2,1H3. The van der Waals surface area contributed by atoms with E-state index >= 15 is 0 Å². The van der Waals surface area contributed by atoms with Crippen molar-refractivity contribution < 1.29 is 0 Å². The molecule has 0 unspecified atom stereocenters. The zero-order chi connectivity index (χ0) is 12.6. The van der Waals surface area contributed by atoms with Gasteiger partial charge in [-0.05, 0) is 18.1 Å². The predicted octanol–water partition coefficient (Wildman–Crippen LogP) is 3.72. The van der Waals surface area contributed by atoms with Crippen molar-refractivity contribution in [2.75, 3.05) is 0 Å². The lowest BCUT2D eigenvalue weighted by molar-refractivity contribution is 1.06. The number of benzene rings is 2. The molecule has 0 N–H and O–H groups in total. The summed E-state index contributed by atoms with van der Waals surface area (Å²) in [4.78, 5) is 8.76. The van der Waals surface area contributed by atoms with Crippen LogP contribution in [0.1, 0.15) is 18.1 Å². The van der Waals surface area contributed by atoms with Crippen molar-refractivity contribution in [1.29, 1.82) is 0 Å². The first-order valence-electron chi connectivity index (χ1n) is 5.99. The Kier molecular flexibility index (Phi) is 4.42. The summed E-state index contributed by atoms with van der Waals surface area (Å²) in [7, 11) is 0. The first-order chi connectivity index (χ1) is 8.84. The van der Waals surface area contributed by atoms with E-state index < -0.39 is 0 Å². The largest absolute Gasteiger partial charge is 0.266 e. The monoisotopic (exact) mass is 236 g/mol. The van der Waals surface area contributed by atoms with Gasteiger partial charge in [-0.15, -0.1) is 0 Å². The van der Waals surface area contributed by atoms with E-state index in [1.807, 2.05) is 61.7 Å². The topological polar surface area (TPSA) is 24.7 Å². The van der Waals surface area contributed by atoms with Gasteiger partial charge in [0, 0.05) is 6.21 Å². The molecule has 0 aliphatic rings. The Hall–Kier alpha value is -2.22. The van der Waals surface area contributed by atoms with Crippen LogP contribution < -0.4 is 0 Å². The van der Waals surface area contributed by atoms with Crippen molar-refractivity contribution in [1.82, 2.24) is 0 Å². The first-order valence-corrected chi connectivity index (χ1v) is 5.99. The lowest BCUT2D eigenvalue weighted by Crippen LogP contribution is -1.90. The summed E-state index contributed by atoms with van der Waals surface area (Å²) in [5.74, 6) is 0.794. The Bertz CT molecular complexity index is 528. The second-order valence-electron chi connectivity index (χ2n) is 4.02. The van der Waals surface area contributed by atoms with E-state index in [2.05, 4.69) is 22.1 Å². The molecule has 0 atom stereocenters. The minimum absolute atomic E-state index is 0.679. The van der Waals surface area contributed by atoms with Crippen LogP contribution in [0, 0.1) is 0 Å². The summed E-state index contributed by atoms with van der Waals surface area (Å²) in [6, 6.07) is 20.2. The van der Waals surface area contributed by atoms with Gasteiger partial charge < -0.3 is 0 Å². The second-order valence-corrected chi connectivity index (χ2v) is 4.02. The van der Waals surface area contributed by atoms with Gasteiger partial charge in [0.2, 0.25) is 0 Å². The van der Waals surface area contributed by atoms with Gasteiger partial charge in [-0.1, -0.05) is 60.7 Å². The van der Waals surface area contributed by atoms with Crippen molar-refractivity contribution in [2.24, 2.45) is 9.98 Å². The highest BCUT2D eigenvalue weighted by molar-refractivity contribution is 5.93. The van der Waals surface area contributed by atoms with Gasteiger partial charge >= 0.3 is 0 Å². The molecule has 0 heterocycles. The molecule has 0 aliphatic heterocycles. The third-order valence-electron chi connectivity index (χ3n) is 2.53. The van der Waals surface area contributed by atoms with Crippen molar-refractivity contribution >= 4 is 12.1 Å². The maximum Gasteiger partial charge on any atom is 0.120 e. The van der Waals surface area contributed by atoms with Crippen LogP contribution in [-0.4, -0.2) is 12.1 Å². The van der Waals surface area contributed by atoms with Gasteiger partial charge in [-0.25, -0.2) is 4.99 Å². The Balaban J connectivity index is 1.96. The third kappa shape index (κ3) is 3.98. The molecule has 2 aromatic carbocycles. The van der Waals surface area contributed by atoms with E-state index in [4.69, 9.17) is 0 Å². The smallest absolute Gasteiger partial charge is 0.120 e. The van der Waals surface area contributed by atoms with Crippen LogP contribution >= 0.6 is 0 Å². The highest BCUT2D eigenvalue weighted by atomic mass is 14.9. The number of aliphatic imine (C=N–C) groups is 2. The SMILES string of the molecule is CC(N=Cc1ccccc1)=NCc1ccccc1. The summed E-state index contributed by atoms with van der Waals surface area (Å²) >= 11 is 0. The molecule has 2 aromatic rings.